The predicted molar refractivity (Wildman–Crippen MR) is 74.6 cm³/mol. The highest BCUT2D eigenvalue weighted by Crippen LogP contribution is 2.21. The standard InChI is InChI=1S/C15H14F2N2O/c1-8-4-3-5-14(9(8)2)19-15(20)10-6-13(18)12(17)7-11(10)16/h3-7H,18H2,1-2H3,(H,19,20). The van der Waals surface area contributed by atoms with Gasteiger partial charge in [0.1, 0.15) is 11.6 Å². The van der Waals surface area contributed by atoms with Crippen molar-refractivity contribution in [2.24, 2.45) is 0 Å². The number of benzene rings is 2. The molecule has 1 amide bonds. The molecular formula is C15H14F2N2O. The molecule has 0 aromatic heterocycles. The van der Waals surface area contributed by atoms with E-state index < -0.39 is 17.5 Å². The molecule has 5 heteroatoms. The van der Waals surface area contributed by atoms with Gasteiger partial charge in [-0.1, -0.05) is 12.1 Å². The van der Waals surface area contributed by atoms with Crippen LogP contribution in [0.4, 0.5) is 20.2 Å². The van der Waals surface area contributed by atoms with E-state index in [9.17, 15) is 13.6 Å². The van der Waals surface area contributed by atoms with Crippen LogP contribution < -0.4 is 11.1 Å². The van der Waals surface area contributed by atoms with E-state index in [1.54, 1.807) is 12.1 Å². The number of halogens is 2. The molecule has 0 radical (unpaired) electrons. The highest BCUT2D eigenvalue weighted by molar-refractivity contribution is 6.05. The molecule has 3 N–H and O–H groups in total. The molecule has 2 aromatic rings. The molecule has 0 atom stereocenters. The number of nitrogen functional groups attached to an aromatic ring is 1. The van der Waals surface area contributed by atoms with Gasteiger partial charge >= 0.3 is 0 Å². The van der Waals surface area contributed by atoms with Crippen molar-refractivity contribution in [2.45, 2.75) is 13.8 Å². The van der Waals surface area contributed by atoms with Crippen LogP contribution in [0.1, 0.15) is 21.5 Å². The van der Waals surface area contributed by atoms with Crippen LogP contribution in [0.15, 0.2) is 30.3 Å². The van der Waals surface area contributed by atoms with Crippen molar-refractivity contribution >= 4 is 17.3 Å². The Morgan fingerprint density at radius 1 is 1.15 bits per heavy atom. The van der Waals surface area contributed by atoms with Crippen LogP contribution in [0.25, 0.3) is 0 Å². The lowest BCUT2D eigenvalue weighted by Crippen LogP contribution is -2.15. The molecule has 3 nitrogen and oxygen atoms in total. The molecule has 0 spiro atoms. The summed E-state index contributed by atoms with van der Waals surface area (Å²) in [6.45, 7) is 3.75. The highest BCUT2D eigenvalue weighted by atomic mass is 19.1. The van der Waals surface area contributed by atoms with Gasteiger partial charge in [-0.25, -0.2) is 8.78 Å². The fourth-order valence-corrected chi connectivity index (χ4v) is 1.82. The molecule has 2 rings (SSSR count). The number of carbonyl (C=O) groups excluding carboxylic acids is 1. The zero-order chi connectivity index (χ0) is 14.9. The second kappa shape index (κ2) is 5.28. The topological polar surface area (TPSA) is 55.1 Å². The first kappa shape index (κ1) is 14.0. The van der Waals surface area contributed by atoms with E-state index in [1.165, 1.54) is 0 Å². The van der Waals surface area contributed by atoms with Crippen molar-refractivity contribution < 1.29 is 13.6 Å². The summed E-state index contributed by atoms with van der Waals surface area (Å²) < 4.78 is 26.7. The van der Waals surface area contributed by atoms with Gasteiger partial charge in [-0.3, -0.25) is 4.79 Å². The van der Waals surface area contributed by atoms with E-state index in [0.29, 0.717) is 11.8 Å². The third kappa shape index (κ3) is 2.61. The molecule has 0 aliphatic rings. The van der Waals surface area contributed by atoms with Gasteiger partial charge in [0.15, 0.2) is 0 Å². The summed E-state index contributed by atoms with van der Waals surface area (Å²) in [4.78, 5) is 12.0. The summed E-state index contributed by atoms with van der Waals surface area (Å²) in [5.74, 6) is -2.49. The van der Waals surface area contributed by atoms with Gasteiger partial charge in [0.2, 0.25) is 0 Å². The smallest absolute Gasteiger partial charge is 0.258 e. The van der Waals surface area contributed by atoms with Crippen LogP contribution in [0, 0.1) is 25.5 Å². The number of nitrogens with one attached hydrogen (secondary N) is 1. The molecule has 2 aromatic carbocycles. The molecule has 0 bridgehead atoms. The molecule has 0 fully saturated rings. The Balaban J connectivity index is 2.33. The summed E-state index contributed by atoms with van der Waals surface area (Å²) in [5, 5.41) is 2.60. The number of nitrogens with two attached hydrogens (primary N) is 1. The van der Waals surface area contributed by atoms with E-state index in [0.717, 1.165) is 17.2 Å². The molecule has 104 valence electrons. The van der Waals surface area contributed by atoms with Gasteiger partial charge in [0.05, 0.1) is 11.3 Å². The number of aryl methyl sites for hydroxylation is 1. The first-order valence-corrected chi connectivity index (χ1v) is 6.02. The van der Waals surface area contributed by atoms with Crippen LogP contribution in [0.2, 0.25) is 0 Å². The summed E-state index contributed by atoms with van der Waals surface area (Å²) >= 11 is 0. The van der Waals surface area contributed by atoms with E-state index in [2.05, 4.69) is 5.32 Å². The van der Waals surface area contributed by atoms with E-state index in [4.69, 9.17) is 5.73 Å². The first-order valence-electron chi connectivity index (χ1n) is 6.02. The Morgan fingerprint density at radius 3 is 2.55 bits per heavy atom. The SMILES string of the molecule is Cc1cccc(NC(=O)c2cc(N)c(F)cc2F)c1C. The second-order valence-corrected chi connectivity index (χ2v) is 4.56. The van der Waals surface area contributed by atoms with Crippen molar-refractivity contribution in [1.29, 1.82) is 0 Å². The van der Waals surface area contributed by atoms with Gasteiger partial charge in [-0.05, 0) is 37.1 Å². The average Bonchev–Trinajstić information content (AvgIpc) is 2.39. The minimum Gasteiger partial charge on any atom is -0.396 e. The highest BCUT2D eigenvalue weighted by Gasteiger charge is 2.16. The predicted octanol–water partition coefficient (Wildman–Crippen LogP) is 3.42. The lowest BCUT2D eigenvalue weighted by molar-refractivity contribution is 0.102. The lowest BCUT2D eigenvalue weighted by atomic mass is 10.1. The monoisotopic (exact) mass is 276 g/mol. The maximum Gasteiger partial charge on any atom is 0.258 e. The molecule has 20 heavy (non-hydrogen) atoms. The molecule has 0 saturated carbocycles. The summed E-state index contributed by atoms with van der Waals surface area (Å²) in [6, 6.07) is 7.00. The number of rotatable bonds is 2. The van der Waals surface area contributed by atoms with Crippen molar-refractivity contribution in [1.82, 2.24) is 0 Å². The quantitative estimate of drug-likeness (QED) is 0.826. The Labute approximate surface area is 115 Å². The van der Waals surface area contributed by atoms with Crippen LogP contribution in [0.3, 0.4) is 0 Å². The fourth-order valence-electron chi connectivity index (χ4n) is 1.82. The van der Waals surface area contributed by atoms with Crippen molar-refractivity contribution in [2.75, 3.05) is 11.1 Å². The Bertz CT molecular complexity index is 684. The summed E-state index contributed by atoms with van der Waals surface area (Å²) in [5.41, 5.74) is 7.27. The van der Waals surface area contributed by atoms with Crippen LogP contribution in [0.5, 0.6) is 0 Å². The second-order valence-electron chi connectivity index (χ2n) is 4.56. The minimum atomic E-state index is -0.945. The van der Waals surface area contributed by atoms with Crippen molar-refractivity contribution in [3.8, 4) is 0 Å². The molecular weight excluding hydrogens is 262 g/mol. The Hall–Kier alpha value is -2.43. The van der Waals surface area contributed by atoms with Gasteiger partial charge in [0.25, 0.3) is 5.91 Å². The third-order valence-corrected chi connectivity index (χ3v) is 3.18. The number of hydrogen-bond acceptors (Lipinski definition) is 2. The number of hydrogen-bond donors (Lipinski definition) is 2. The molecule has 0 aliphatic heterocycles. The number of anilines is 2. The number of amides is 1. The van der Waals surface area contributed by atoms with E-state index in [-0.39, 0.29) is 11.3 Å². The van der Waals surface area contributed by atoms with Crippen LogP contribution in [-0.2, 0) is 0 Å². The molecule has 0 heterocycles. The number of carbonyl (C=O) groups is 1. The normalized spacial score (nSPS) is 10.4. The van der Waals surface area contributed by atoms with E-state index in [1.807, 2.05) is 19.9 Å². The minimum absolute atomic E-state index is 0.266. The molecule has 0 saturated heterocycles. The van der Waals surface area contributed by atoms with Gasteiger partial charge in [0, 0.05) is 11.8 Å². The maximum absolute atomic E-state index is 13.6. The molecule has 0 aliphatic carbocycles. The van der Waals surface area contributed by atoms with Crippen molar-refractivity contribution in [3.63, 3.8) is 0 Å². The lowest BCUT2D eigenvalue weighted by Gasteiger charge is -2.11. The van der Waals surface area contributed by atoms with Crippen LogP contribution >= 0.6 is 0 Å². The zero-order valence-corrected chi connectivity index (χ0v) is 11.1. The van der Waals surface area contributed by atoms with Crippen LogP contribution in [-0.4, -0.2) is 5.91 Å². The Kier molecular flexibility index (Phi) is 3.70. The van der Waals surface area contributed by atoms with Crippen molar-refractivity contribution in [3.05, 3.63) is 58.7 Å². The maximum atomic E-state index is 13.6. The van der Waals surface area contributed by atoms with Gasteiger partial charge in [-0.2, -0.15) is 0 Å². The molecule has 0 unspecified atom stereocenters. The summed E-state index contributed by atoms with van der Waals surface area (Å²) in [7, 11) is 0. The fraction of sp³-hybridized carbons (Fsp3) is 0.133. The largest absolute Gasteiger partial charge is 0.396 e. The zero-order valence-electron chi connectivity index (χ0n) is 11.1. The Morgan fingerprint density at radius 2 is 1.85 bits per heavy atom. The van der Waals surface area contributed by atoms with E-state index >= 15 is 0 Å². The van der Waals surface area contributed by atoms with Gasteiger partial charge < -0.3 is 11.1 Å². The third-order valence-electron chi connectivity index (χ3n) is 3.18. The average molecular weight is 276 g/mol. The summed E-state index contributed by atoms with van der Waals surface area (Å²) in [6.07, 6.45) is 0. The van der Waals surface area contributed by atoms with Gasteiger partial charge in [-0.15, -0.1) is 0 Å². The first-order chi connectivity index (χ1) is 9.40.